The molecule has 0 atom stereocenters. The highest BCUT2D eigenvalue weighted by atomic mass is 16.5. The summed E-state index contributed by atoms with van der Waals surface area (Å²) in [5.41, 5.74) is 2.61. The zero-order chi connectivity index (χ0) is 14.5. The molecule has 0 aliphatic carbocycles. The summed E-state index contributed by atoms with van der Waals surface area (Å²) in [6.07, 6.45) is 0. The van der Waals surface area contributed by atoms with Crippen LogP contribution in [-0.2, 0) is 22.6 Å². The molecule has 1 aromatic carbocycles. The van der Waals surface area contributed by atoms with Crippen LogP contribution >= 0.6 is 0 Å². The highest BCUT2D eigenvalue weighted by molar-refractivity contribution is 5.22. The van der Waals surface area contributed by atoms with Crippen molar-refractivity contribution < 1.29 is 9.47 Å². The zero-order valence-corrected chi connectivity index (χ0v) is 12.8. The van der Waals surface area contributed by atoms with Crippen LogP contribution in [0.1, 0.15) is 25.0 Å². The molecule has 114 valence electrons. The Morgan fingerprint density at radius 3 is 1.50 bits per heavy atom. The van der Waals surface area contributed by atoms with E-state index in [2.05, 4.69) is 34.9 Å². The number of nitrogens with one attached hydrogen (secondary N) is 2. The van der Waals surface area contributed by atoms with Crippen LogP contribution in [0.5, 0.6) is 0 Å². The second-order valence-corrected chi connectivity index (χ2v) is 4.56. The van der Waals surface area contributed by atoms with Crippen molar-refractivity contribution in [3.8, 4) is 0 Å². The molecule has 0 aliphatic heterocycles. The van der Waals surface area contributed by atoms with Crippen LogP contribution in [0, 0.1) is 0 Å². The van der Waals surface area contributed by atoms with Gasteiger partial charge in [0.25, 0.3) is 0 Å². The fraction of sp³-hybridized carbons (Fsp3) is 0.625. The van der Waals surface area contributed by atoms with Gasteiger partial charge in [-0.1, -0.05) is 24.3 Å². The second kappa shape index (κ2) is 11.9. The Bertz CT molecular complexity index is 295. The van der Waals surface area contributed by atoms with Gasteiger partial charge in [0.2, 0.25) is 0 Å². The van der Waals surface area contributed by atoms with Crippen LogP contribution in [0.15, 0.2) is 24.3 Å². The molecule has 0 spiro atoms. The molecule has 1 rings (SSSR count). The third-order valence-corrected chi connectivity index (χ3v) is 2.94. The molecular weight excluding hydrogens is 252 g/mol. The number of hydrogen-bond acceptors (Lipinski definition) is 4. The first-order chi connectivity index (χ1) is 9.86. The average molecular weight is 280 g/mol. The fourth-order valence-electron chi connectivity index (χ4n) is 1.82. The number of hydrogen-bond donors (Lipinski definition) is 2. The van der Waals surface area contributed by atoms with Gasteiger partial charge in [0, 0.05) is 39.4 Å². The Morgan fingerprint density at radius 2 is 1.15 bits per heavy atom. The molecule has 0 aliphatic rings. The summed E-state index contributed by atoms with van der Waals surface area (Å²) < 4.78 is 10.6. The maximum Gasteiger partial charge on any atom is 0.0590 e. The van der Waals surface area contributed by atoms with Crippen molar-refractivity contribution in [2.24, 2.45) is 0 Å². The van der Waals surface area contributed by atoms with Crippen molar-refractivity contribution in [2.45, 2.75) is 26.9 Å². The van der Waals surface area contributed by atoms with Crippen molar-refractivity contribution in [2.75, 3.05) is 39.5 Å². The van der Waals surface area contributed by atoms with E-state index in [1.807, 2.05) is 13.8 Å². The Morgan fingerprint density at radius 1 is 0.750 bits per heavy atom. The van der Waals surface area contributed by atoms with Crippen LogP contribution in [-0.4, -0.2) is 39.5 Å². The molecule has 0 saturated heterocycles. The molecule has 4 heteroatoms. The lowest BCUT2D eigenvalue weighted by molar-refractivity contribution is 0.149. The zero-order valence-electron chi connectivity index (χ0n) is 12.8. The van der Waals surface area contributed by atoms with Crippen molar-refractivity contribution in [1.29, 1.82) is 0 Å². The molecule has 0 fully saturated rings. The third-order valence-electron chi connectivity index (χ3n) is 2.94. The maximum absolute atomic E-state index is 5.28. The summed E-state index contributed by atoms with van der Waals surface area (Å²) in [6, 6.07) is 8.70. The van der Waals surface area contributed by atoms with E-state index in [4.69, 9.17) is 9.47 Å². The predicted octanol–water partition coefficient (Wildman–Crippen LogP) is 1.94. The smallest absolute Gasteiger partial charge is 0.0590 e. The molecule has 0 heterocycles. The maximum atomic E-state index is 5.28. The Kier molecular flexibility index (Phi) is 10.1. The van der Waals surface area contributed by atoms with Crippen LogP contribution in [0.3, 0.4) is 0 Å². The molecule has 0 amide bonds. The van der Waals surface area contributed by atoms with Gasteiger partial charge in [0.05, 0.1) is 13.2 Å². The monoisotopic (exact) mass is 280 g/mol. The molecule has 0 bridgehead atoms. The van der Waals surface area contributed by atoms with E-state index < -0.39 is 0 Å². The van der Waals surface area contributed by atoms with Crippen LogP contribution in [0.4, 0.5) is 0 Å². The minimum absolute atomic E-state index is 0.776. The van der Waals surface area contributed by atoms with E-state index >= 15 is 0 Å². The molecule has 0 unspecified atom stereocenters. The quantitative estimate of drug-likeness (QED) is 0.574. The second-order valence-electron chi connectivity index (χ2n) is 4.56. The van der Waals surface area contributed by atoms with E-state index in [1.165, 1.54) is 11.1 Å². The van der Waals surface area contributed by atoms with Crippen molar-refractivity contribution >= 4 is 0 Å². The van der Waals surface area contributed by atoms with Gasteiger partial charge in [-0.25, -0.2) is 0 Å². The van der Waals surface area contributed by atoms with Crippen molar-refractivity contribution in [3.63, 3.8) is 0 Å². The van der Waals surface area contributed by atoms with Gasteiger partial charge < -0.3 is 20.1 Å². The Hall–Kier alpha value is -0.940. The summed E-state index contributed by atoms with van der Waals surface area (Å²) in [5.74, 6) is 0. The summed E-state index contributed by atoms with van der Waals surface area (Å²) >= 11 is 0. The molecule has 20 heavy (non-hydrogen) atoms. The van der Waals surface area contributed by atoms with E-state index in [-0.39, 0.29) is 0 Å². The van der Waals surface area contributed by atoms with Gasteiger partial charge in [-0.2, -0.15) is 0 Å². The molecular formula is C16H28N2O2. The van der Waals surface area contributed by atoms with Crippen molar-refractivity contribution in [3.05, 3.63) is 35.4 Å². The molecule has 0 saturated carbocycles. The molecule has 0 aromatic heterocycles. The average Bonchev–Trinajstić information content (AvgIpc) is 2.48. The number of benzene rings is 1. The first-order valence-electron chi connectivity index (χ1n) is 7.51. The van der Waals surface area contributed by atoms with Gasteiger partial charge in [-0.05, 0) is 25.0 Å². The summed E-state index contributed by atoms with van der Waals surface area (Å²) in [6.45, 7) is 10.7. The lowest BCUT2D eigenvalue weighted by Crippen LogP contribution is -2.20. The minimum Gasteiger partial charge on any atom is -0.380 e. The minimum atomic E-state index is 0.776. The predicted molar refractivity (Wildman–Crippen MR) is 82.8 cm³/mol. The Balaban J connectivity index is 2.13. The fourth-order valence-corrected chi connectivity index (χ4v) is 1.82. The largest absolute Gasteiger partial charge is 0.380 e. The first kappa shape index (κ1) is 17.1. The topological polar surface area (TPSA) is 42.5 Å². The Labute approximate surface area is 122 Å². The third kappa shape index (κ3) is 8.27. The highest BCUT2D eigenvalue weighted by Gasteiger charge is 1.95. The number of ether oxygens (including phenoxy) is 2. The normalized spacial score (nSPS) is 10.9. The lowest BCUT2D eigenvalue weighted by Gasteiger charge is -2.07. The van der Waals surface area contributed by atoms with Gasteiger partial charge in [0.1, 0.15) is 0 Å². The van der Waals surface area contributed by atoms with E-state index in [1.54, 1.807) is 0 Å². The van der Waals surface area contributed by atoms with E-state index in [9.17, 15) is 0 Å². The molecule has 2 N–H and O–H groups in total. The van der Waals surface area contributed by atoms with Crippen LogP contribution in [0.25, 0.3) is 0 Å². The summed E-state index contributed by atoms with van der Waals surface area (Å²) in [7, 11) is 0. The van der Waals surface area contributed by atoms with Gasteiger partial charge in [-0.15, -0.1) is 0 Å². The van der Waals surface area contributed by atoms with Gasteiger partial charge >= 0.3 is 0 Å². The van der Waals surface area contributed by atoms with E-state index in [0.717, 1.165) is 52.6 Å². The van der Waals surface area contributed by atoms with Crippen molar-refractivity contribution in [1.82, 2.24) is 10.6 Å². The molecule has 0 radical (unpaired) electrons. The first-order valence-corrected chi connectivity index (χ1v) is 7.51. The molecule has 4 nitrogen and oxygen atoms in total. The summed E-state index contributed by atoms with van der Waals surface area (Å²) in [5, 5.41) is 6.73. The standard InChI is InChI=1S/C16H28N2O2/c1-3-19-11-9-17-13-15-5-7-16(8-6-15)14-18-10-12-20-4-2/h5-8,17-18H,3-4,9-14H2,1-2H3. The van der Waals surface area contributed by atoms with Gasteiger partial charge in [0.15, 0.2) is 0 Å². The summed E-state index contributed by atoms with van der Waals surface area (Å²) in [4.78, 5) is 0. The van der Waals surface area contributed by atoms with E-state index in [0.29, 0.717) is 0 Å². The SMILES string of the molecule is CCOCCNCc1ccc(CNCCOCC)cc1. The number of rotatable bonds is 12. The molecule has 1 aromatic rings. The van der Waals surface area contributed by atoms with Crippen LogP contribution < -0.4 is 10.6 Å². The van der Waals surface area contributed by atoms with Crippen LogP contribution in [0.2, 0.25) is 0 Å². The lowest BCUT2D eigenvalue weighted by atomic mass is 10.1. The van der Waals surface area contributed by atoms with Gasteiger partial charge in [-0.3, -0.25) is 0 Å². The highest BCUT2D eigenvalue weighted by Crippen LogP contribution is 2.03.